The monoisotopic (exact) mass is 295 g/mol. The fourth-order valence-electron chi connectivity index (χ4n) is 2.28. The lowest BCUT2D eigenvalue weighted by Gasteiger charge is -2.26. The molecule has 0 saturated carbocycles. The average molecular weight is 295 g/mol. The predicted octanol–water partition coefficient (Wildman–Crippen LogP) is -0.711. The molecule has 0 bridgehead atoms. The molecular weight excluding hydrogens is 274 g/mol. The van der Waals surface area contributed by atoms with Gasteiger partial charge >= 0.3 is 0 Å². The number of nitrogen functional groups attached to an aromatic ring is 1. The highest BCUT2D eigenvalue weighted by atomic mass is 16.5. The average Bonchev–Trinajstić information content (AvgIpc) is 2.73. The highest BCUT2D eigenvalue weighted by Gasteiger charge is 2.19. The highest BCUT2D eigenvalue weighted by Crippen LogP contribution is 2.14. The number of nitrogens with one attached hydrogen (secondary N) is 1. The molecule has 0 aromatic carbocycles. The van der Waals surface area contributed by atoms with Crippen LogP contribution < -0.4 is 11.1 Å². The molecule has 2 amide bonds. The van der Waals surface area contributed by atoms with E-state index in [1.54, 1.807) is 18.9 Å². The molecule has 8 nitrogen and oxygen atoms in total. The van der Waals surface area contributed by atoms with Gasteiger partial charge in [-0.3, -0.25) is 14.3 Å². The number of aryl methyl sites for hydroxylation is 2. The van der Waals surface area contributed by atoms with E-state index in [4.69, 9.17) is 10.5 Å². The predicted molar refractivity (Wildman–Crippen MR) is 76.7 cm³/mol. The quantitative estimate of drug-likeness (QED) is 0.764. The Kier molecular flexibility index (Phi) is 4.79. The standard InChI is InChI=1S/C13H21N5O3/c1-9-11(14)12(17(2)16-9)13(20)15-4-3-10(19)18-5-7-21-8-6-18/h3-8,14H2,1-2H3,(H,15,20). The van der Waals surface area contributed by atoms with Crippen LogP contribution in [0.25, 0.3) is 0 Å². The van der Waals surface area contributed by atoms with Crippen LogP contribution in [0.5, 0.6) is 0 Å². The van der Waals surface area contributed by atoms with Crippen molar-refractivity contribution in [1.29, 1.82) is 0 Å². The minimum absolute atomic E-state index is 0.0211. The van der Waals surface area contributed by atoms with E-state index in [-0.39, 0.29) is 24.8 Å². The van der Waals surface area contributed by atoms with E-state index in [1.807, 2.05) is 0 Å². The number of carbonyl (C=O) groups is 2. The van der Waals surface area contributed by atoms with E-state index in [1.165, 1.54) is 4.68 Å². The molecule has 2 rings (SSSR count). The summed E-state index contributed by atoms with van der Waals surface area (Å²) in [7, 11) is 1.66. The zero-order valence-corrected chi connectivity index (χ0v) is 12.4. The maximum atomic E-state index is 12.1. The zero-order chi connectivity index (χ0) is 15.4. The molecule has 0 radical (unpaired) electrons. The molecule has 116 valence electrons. The van der Waals surface area contributed by atoms with Crippen molar-refractivity contribution in [3.8, 4) is 0 Å². The van der Waals surface area contributed by atoms with Gasteiger partial charge in [-0.25, -0.2) is 0 Å². The number of carbonyl (C=O) groups excluding carboxylic acids is 2. The van der Waals surface area contributed by atoms with Gasteiger partial charge in [-0.2, -0.15) is 5.10 Å². The van der Waals surface area contributed by atoms with E-state index < -0.39 is 0 Å². The summed E-state index contributed by atoms with van der Waals surface area (Å²) in [6.45, 7) is 4.39. The second-order valence-electron chi connectivity index (χ2n) is 4.97. The van der Waals surface area contributed by atoms with E-state index in [0.717, 1.165) is 0 Å². The van der Waals surface area contributed by atoms with E-state index >= 15 is 0 Å². The van der Waals surface area contributed by atoms with E-state index in [9.17, 15) is 9.59 Å². The molecule has 1 aromatic rings. The third-order valence-corrected chi connectivity index (χ3v) is 3.47. The highest BCUT2D eigenvalue weighted by molar-refractivity contribution is 5.98. The first-order chi connectivity index (χ1) is 10.0. The summed E-state index contributed by atoms with van der Waals surface area (Å²) in [6, 6.07) is 0. The number of amides is 2. The van der Waals surface area contributed by atoms with Gasteiger partial charge in [0, 0.05) is 33.1 Å². The third kappa shape index (κ3) is 3.52. The maximum absolute atomic E-state index is 12.1. The molecule has 0 unspecified atom stereocenters. The van der Waals surface area contributed by atoms with Gasteiger partial charge in [-0.15, -0.1) is 0 Å². The van der Waals surface area contributed by atoms with Crippen LogP contribution >= 0.6 is 0 Å². The van der Waals surface area contributed by atoms with Gasteiger partial charge in [0.2, 0.25) is 5.91 Å². The summed E-state index contributed by atoms with van der Waals surface area (Å²) in [4.78, 5) is 25.7. The van der Waals surface area contributed by atoms with E-state index in [0.29, 0.717) is 43.4 Å². The first kappa shape index (κ1) is 15.3. The molecule has 21 heavy (non-hydrogen) atoms. The molecule has 0 aliphatic carbocycles. The Morgan fingerprint density at radius 3 is 2.62 bits per heavy atom. The van der Waals surface area contributed by atoms with Gasteiger partial charge in [-0.05, 0) is 6.92 Å². The van der Waals surface area contributed by atoms with Crippen molar-refractivity contribution in [3.05, 3.63) is 11.4 Å². The second-order valence-corrected chi connectivity index (χ2v) is 4.97. The molecule has 1 saturated heterocycles. The van der Waals surface area contributed by atoms with Crippen molar-refractivity contribution in [1.82, 2.24) is 20.0 Å². The number of nitrogens with zero attached hydrogens (tertiary/aromatic N) is 3. The lowest BCUT2D eigenvalue weighted by atomic mass is 10.2. The number of rotatable bonds is 4. The van der Waals surface area contributed by atoms with Crippen LogP contribution in [-0.4, -0.2) is 59.3 Å². The first-order valence-electron chi connectivity index (χ1n) is 6.93. The van der Waals surface area contributed by atoms with Crippen molar-refractivity contribution < 1.29 is 14.3 Å². The van der Waals surface area contributed by atoms with Gasteiger partial charge in [0.05, 0.1) is 24.6 Å². The largest absolute Gasteiger partial charge is 0.395 e. The van der Waals surface area contributed by atoms with Gasteiger partial charge < -0.3 is 20.7 Å². The maximum Gasteiger partial charge on any atom is 0.271 e. The molecule has 2 heterocycles. The van der Waals surface area contributed by atoms with Gasteiger partial charge in [0.15, 0.2) is 0 Å². The SMILES string of the molecule is Cc1nn(C)c(C(=O)NCCC(=O)N2CCOCC2)c1N. The van der Waals surface area contributed by atoms with Crippen molar-refractivity contribution in [3.63, 3.8) is 0 Å². The number of morpholine rings is 1. The molecule has 1 aliphatic rings. The smallest absolute Gasteiger partial charge is 0.271 e. The summed E-state index contributed by atoms with van der Waals surface area (Å²) < 4.78 is 6.64. The number of hydrogen-bond donors (Lipinski definition) is 2. The molecule has 3 N–H and O–H groups in total. The van der Waals surface area contributed by atoms with E-state index in [2.05, 4.69) is 10.4 Å². The summed E-state index contributed by atoms with van der Waals surface area (Å²) in [5.41, 5.74) is 7.13. The molecule has 0 spiro atoms. The minimum Gasteiger partial charge on any atom is -0.395 e. The Labute approximate surface area is 123 Å². The van der Waals surface area contributed by atoms with Crippen LogP contribution in [0.2, 0.25) is 0 Å². The molecule has 8 heteroatoms. The molecular formula is C13H21N5O3. The van der Waals surface area contributed by atoms with Crippen LogP contribution in [0, 0.1) is 6.92 Å². The normalized spacial score (nSPS) is 15.0. The first-order valence-corrected chi connectivity index (χ1v) is 6.93. The van der Waals surface area contributed by atoms with Gasteiger partial charge in [-0.1, -0.05) is 0 Å². The van der Waals surface area contributed by atoms with Crippen LogP contribution in [0.3, 0.4) is 0 Å². The minimum atomic E-state index is -0.314. The van der Waals surface area contributed by atoms with Crippen molar-refractivity contribution in [2.24, 2.45) is 7.05 Å². The van der Waals surface area contributed by atoms with Crippen molar-refractivity contribution in [2.75, 3.05) is 38.6 Å². The van der Waals surface area contributed by atoms with Crippen LogP contribution in [0.1, 0.15) is 22.6 Å². The lowest BCUT2D eigenvalue weighted by Crippen LogP contribution is -2.42. The summed E-state index contributed by atoms with van der Waals surface area (Å²) in [6.07, 6.45) is 0.266. The molecule has 1 aromatic heterocycles. The second kappa shape index (κ2) is 6.57. The zero-order valence-electron chi connectivity index (χ0n) is 12.4. The fourth-order valence-corrected chi connectivity index (χ4v) is 2.28. The third-order valence-electron chi connectivity index (χ3n) is 3.47. The van der Waals surface area contributed by atoms with Gasteiger partial charge in [0.1, 0.15) is 5.69 Å². The van der Waals surface area contributed by atoms with Crippen molar-refractivity contribution in [2.45, 2.75) is 13.3 Å². The van der Waals surface area contributed by atoms with Crippen LogP contribution in [0.15, 0.2) is 0 Å². The number of anilines is 1. The summed E-state index contributed by atoms with van der Waals surface area (Å²) >= 11 is 0. The number of ether oxygens (including phenoxy) is 1. The number of aromatic nitrogens is 2. The summed E-state index contributed by atoms with van der Waals surface area (Å²) in [5, 5.41) is 6.80. The topological polar surface area (TPSA) is 102 Å². The molecule has 1 fully saturated rings. The Bertz CT molecular complexity index is 534. The number of nitrogens with two attached hydrogens (primary N) is 1. The Balaban J connectivity index is 1.82. The molecule has 1 aliphatic heterocycles. The Morgan fingerprint density at radius 1 is 1.38 bits per heavy atom. The van der Waals surface area contributed by atoms with Crippen molar-refractivity contribution >= 4 is 17.5 Å². The fraction of sp³-hybridized carbons (Fsp3) is 0.615. The Morgan fingerprint density at radius 2 is 2.05 bits per heavy atom. The Hall–Kier alpha value is -2.09. The van der Waals surface area contributed by atoms with Crippen LogP contribution in [-0.2, 0) is 16.6 Å². The summed E-state index contributed by atoms with van der Waals surface area (Å²) in [5.74, 6) is -0.293. The molecule has 0 atom stereocenters. The lowest BCUT2D eigenvalue weighted by molar-refractivity contribution is -0.135. The van der Waals surface area contributed by atoms with Crippen LogP contribution in [0.4, 0.5) is 5.69 Å². The van der Waals surface area contributed by atoms with Gasteiger partial charge in [0.25, 0.3) is 5.91 Å². The number of hydrogen-bond acceptors (Lipinski definition) is 5.